The number of aryl methyl sites for hydroxylation is 1. The van der Waals surface area contributed by atoms with E-state index >= 15 is 0 Å². The molecule has 2 amide bonds. The van der Waals surface area contributed by atoms with Crippen LogP contribution in [0.25, 0.3) is 11.1 Å². The second-order valence-electron chi connectivity index (χ2n) is 7.71. The van der Waals surface area contributed by atoms with Gasteiger partial charge in [-0.2, -0.15) is 0 Å². The van der Waals surface area contributed by atoms with Crippen LogP contribution in [-0.2, 0) is 0 Å². The number of nitrogens with zero attached hydrogens (tertiary/aromatic N) is 2. The Hall–Kier alpha value is -2.47. The number of piperidine rings is 1. The average Bonchev–Trinajstić information content (AvgIpc) is 2.55. The predicted octanol–water partition coefficient (Wildman–Crippen LogP) is 3.72. The number of hydrogen-bond donors (Lipinski definition) is 2. The third-order valence-electron chi connectivity index (χ3n) is 5.42. The van der Waals surface area contributed by atoms with Crippen LogP contribution < -0.4 is 5.32 Å². The van der Waals surface area contributed by atoms with E-state index in [-0.39, 0.29) is 18.1 Å². The number of carbonyl (C=O) groups is 1. The fraction of sp³-hybridized carbons (Fsp3) is 0.400. The number of aromatic nitrogens is 1. The molecule has 1 aromatic carbocycles. The molecule has 5 nitrogen and oxygen atoms in total. The molecule has 1 saturated carbocycles. The third-order valence-corrected chi connectivity index (χ3v) is 5.42. The van der Waals surface area contributed by atoms with Crippen LogP contribution in [0.5, 0.6) is 0 Å². The Bertz CT molecular complexity index is 854. The van der Waals surface area contributed by atoms with Gasteiger partial charge in [0, 0.05) is 29.5 Å². The van der Waals surface area contributed by atoms with Gasteiger partial charge in [0.2, 0.25) is 0 Å². The Morgan fingerprint density at radius 3 is 2.73 bits per heavy atom. The fourth-order valence-electron chi connectivity index (χ4n) is 4.25. The summed E-state index contributed by atoms with van der Waals surface area (Å²) in [7, 11) is 0. The molecule has 2 aliphatic rings. The minimum Gasteiger partial charge on any atom is -0.390 e. The second kappa shape index (κ2) is 6.06. The molecule has 2 fully saturated rings. The third kappa shape index (κ3) is 3.05. The normalized spacial score (nSPS) is 27.0. The summed E-state index contributed by atoms with van der Waals surface area (Å²) in [5, 5.41) is 13.1. The summed E-state index contributed by atoms with van der Waals surface area (Å²) in [6.07, 6.45) is 4.97. The molecule has 6 heteroatoms. The number of likely N-dealkylation sites (tertiary alicyclic amines) is 1. The molecule has 2 N–H and O–H groups in total. The molecular weight excluding hydrogens is 333 g/mol. The van der Waals surface area contributed by atoms with Gasteiger partial charge in [0.1, 0.15) is 5.82 Å². The quantitative estimate of drug-likeness (QED) is 0.863. The van der Waals surface area contributed by atoms with E-state index in [1.54, 1.807) is 6.20 Å². The van der Waals surface area contributed by atoms with E-state index in [9.17, 15) is 14.3 Å². The van der Waals surface area contributed by atoms with Crippen molar-refractivity contribution in [3.05, 3.63) is 48.0 Å². The van der Waals surface area contributed by atoms with Crippen molar-refractivity contribution >= 4 is 11.7 Å². The van der Waals surface area contributed by atoms with Gasteiger partial charge < -0.3 is 15.3 Å². The highest BCUT2D eigenvalue weighted by molar-refractivity contribution is 5.91. The number of aliphatic hydroxyl groups is 1. The highest BCUT2D eigenvalue weighted by Crippen LogP contribution is 2.43. The van der Waals surface area contributed by atoms with E-state index in [0.717, 1.165) is 17.5 Å². The number of anilines is 1. The van der Waals surface area contributed by atoms with Crippen LogP contribution >= 0.6 is 0 Å². The molecule has 2 heterocycles. The van der Waals surface area contributed by atoms with E-state index in [0.29, 0.717) is 24.1 Å². The lowest BCUT2D eigenvalue weighted by molar-refractivity contribution is -0.101. The molecule has 0 radical (unpaired) electrons. The number of rotatable bonds is 2. The zero-order valence-electron chi connectivity index (χ0n) is 14.9. The van der Waals surface area contributed by atoms with Crippen molar-refractivity contribution < 1.29 is 14.3 Å². The van der Waals surface area contributed by atoms with Crippen LogP contribution in [0.3, 0.4) is 0 Å². The molecular formula is C20H22FN3O2. The molecule has 2 unspecified atom stereocenters. The lowest BCUT2D eigenvalue weighted by Gasteiger charge is -2.57. The first-order chi connectivity index (χ1) is 12.3. The van der Waals surface area contributed by atoms with Crippen LogP contribution in [-0.4, -0.2) is 38.7 Å². The first kappa shape index (κ1) is 17.0. The number of urea groups is 1. The maximum Gasteiger partial charge on any atom is 0.322 e. The van der Waals surface area contributed by atoms with E-state index in [1.807, 2.05) is 36.9 Å². The Labute approximate surface area is 151 Å². The van der Waals surface area contributed by atoms with E-state index in [2.05, 4.69) is 10.3 Å². The number of hydrogen-bond acceptors (Lipinski definition) is 3. The minimum absolute atomic E-state index is 0.0982. The van der Waals surface area contributed by atoms with Crippen LogP contribution in [0, 0.1) is 12.7 Å². The molecule has 2 bridgehead atoms. The highest BCUT2D eigenvalue weighted by atomic mass is 19.1. The van der Waals surface area contributed by atoms with Crippen molar-refractivity contribution in [2.24, 2.45) is 0 Å². The summed E-state index contributed by atoms with van der Waals surface area (Å²) in [5.41, 5.74) is 2.48. The summed E-state index contributed by atoms with van der Waals surface area (Å²) in [5.74, 6) is -0.392. The molecule has 4 rings (SSSR count). The number of amides is 2. The maximum atomic E-state index is 13.5. The highest BCUT2D eigenvalue weighted by Gasteiger charge is 2.51. The number of nitrogens with one attached hydrogen (secondary N) is 1. The van der Waals surface area contributed by atoms with Gasteiger partial charge in [-0.15, -0.1) is 0 Å². The number of benzene rings is 1. The molecule has 1 saturated heterocycles. The topological polar surface area (TPSA) is 65.5 Å². The lowest BCUT2D eigenvalue weighted by Crippen LogP contribution is -2.67. The smallest absolute Gasteiger partial charge is 0.322 e. The Balaban J connectivity index is 1.53. The Morgan fingerprint density at radius 2 is 2.04 bits per heavy atom. The summed E-state index contributed by atoms with van der Waals surface area (Å²) in [4.78, 5) is 18.4. The zero-order valence-corrected chi connectivity index (χ0v) is 14.9. The summed E-state index contributed by atoms with van der Waals surface area (Å²) in [6, 6.07) is 7.07. The van der Waals surface area contributed by atoms with Crippen molar-refractivity contribution in [3.8, 4) is 11.1 Å². The molecule has 2 aromatic rings. The number of fused-ring (bicyclic) bond motifs is 2. The standard InChI is InChI=1S/C20H22FN3O2/c1-12-3-4-15(6-18(12)13-5-14(21)11-22-10-13)23-19(25)24-16-7-17(24)9-20(2,26)8-16/h3-6,10-11,16-17,26H,7-9H2,1-2H3,(H,23,25). The predicted molar refractivity (Wildman–Crippen MR) is 97.3 cm³/mol. The molecule has 1 aliphatic heterocycles. The van der Waals surface area contributed by atoms with Gasteiger partial charge in [0.15, 0.2) is 0 Å². The first-order valence-corrected chi connectivity index (χ1v) is 8.86. The van der Waals surface area contributed by atoms with Crippen LogP contribution in [0.2, 0.25) is 0 Å². The minimum atomic E-state index is -0.675. The molecule has 26 heavy (non-hydrogen) atoms. The van der Waals surface area contributed by atoms with Crippen molar-refractivity contribution in [2.45, 2.75) is 50.8 Å². The lowest BCUT2D eigenvalue weighted by atomic mass is 9.72. The second-order valence-corrected chi connectivity index (χ2v) is 7.71. The largest absolute Gasteiger partial charge is 0.390 e. The van der Waals surface area contributed by atoms with Crippen molar-refractivity contribution in [1.29, 1.82) is 0 Å². The van der Waals surface area contributed by atoms with E-state index < -0.39 is 11.4 Å². The SMILES string of the molecule is Cc1ccc(NC(=O)N2C3CC2CC(C)(O)C3)cc1-c1cncc(F)c1. The molecule has 136 valence electrons. The van der Waals surface area contributed by atoms with Crippen molar-refractivity contribution in [2.75, 3.05) is 5.32 Å². The molecule has 2 atom stereocenters. The maximum absolute atomic E-state index is 13.5. The van der Waals surface area contributed by atoms with Crippen molar-refractivity contribution in [1.82, 2.24) is 9.88 Å². The van der Waals surface area contributed by atoms with Gasteiger partial charge in [0.05, 0.1) is 11.8 Å². The molecule has 0 spiro atoms. The van der Waals surface area contributed by atoms with E-state index in [4.69, 9.17) is 0 Å². The number of pyridine rings is 1. The zero-order chi connectivity index (χ0) is 18.5. The van der Waals surface area contributed by atoms with Gasteiger partial charge in [-0.1, -0.05) is 6.07 Å². The summed E-state index contributed by atoms with van der Waals surface area (Å²) < 4.78 is 13.5. The number of halogens is 1. The van der Waals surface area contributed by atoms with Crippen molar-refractivity contribution in [3.63, 3.8) is 0 Å². The Morgan fingerprint density at radius 1 is 1.31 bits per heavy atom. The average molecular weight is 355 g/mol. The fourth-order valence-corrected chi connectivity index (χ4v) is 4.25. The number of carbonyl (C=O) groups excluding carboxylic acids is 1. The van der Waals surface area contributed by atoms with E-state index in [1.165, 1.54) is 12.3 Å². The van der Waals surface area contributed by atoms with Crippen LogP contribution in [0.15, 0.2) is 36.7 Å². The Kier molecular flexibility index (Phi) is 3.95. The summed E-state index contributed by atoms with van der Waals surface area (Å²) in [6.45, 7) is 3.77. The molecule has 1 aliphatic carbocycles. The first-order valence-electron chi connectivity index (χ1n) is 8.86. The summed E-state index contributed by atoms with van der Waals surface area (Å²) >= 11 is 0. The van der Waals surface area contributed by atoms with Gasteiger partial charge in [0.25, 0.3) is 0 Å². The van der Waals surface area contributed by atoms with Gasteiger partial charge in [-0.3, -0.25) is 4.98 Å². The van der Waals surface area contributed by atoms with Gasteiger partial charge in [-0.25, -0.2) is 9.18 Å². The van der Waals surface area contributed by atoms with Gasteiger partial charge >= 0.3 is 6.03 Å². The van der Waals surface area contributed by atoms with Crippen LogP contribution in [0.4, 0.5) is 14.9 Å². The van der Waals surface area contributed by atoms with Crippen LogP contribution in [0.1, 0.15) is 31.7 Å². The van der Waals surface area contributed by atoms with Gasteiger partial charge in [-0.05, 0) is 62.4 Å². The monoisotopic (exact) mass is 355 g/mol. The molecule has 1 aromatic heterocycles.